The Balaban J connectivity index is 3.05. The van der Waals surface area contributed by atoms with Gasteiger partial charge in [-0.05, 0) is 28.1 Å². The molecule has 0 aliphatic heterocycles. The lowest BCUT2D eigenvalue weighted by atomic mass is 10.2. The Labute approximate surface area is 102 Å². The third kappa shape index (κ3) is 3.19. The van der Waals surface area contributed by atoms with E-state index in [9.17, 15) is 22.8 Å². The van der Waals surface area contributed by atoms with Gasteiger partial charge >= 0.3 is 18.1 Å². The first-order valence-corrected chi connectivity index (χ1v) is 4.92. The summed E-state index contributed by atoms with van der Waals surface area (Å²) in [5.74, 6) is -3.49. The highest BCUT2D eigenvalue weighted by Crippen LogP contribution is 2.28. The first-order chi connectivity index (χ1) is 7.73. The van der Waals surface area contributed by atoms with E-state index in [1.807, 2.05) is 0 Å². The molecule has 0 radical (unpaired) electrons. The normalized spacial score (nSPS) is 11.1. The Bertz CT molecular complexity index is 473. The molecule has 0 heterocycles. The van der Waals surface area contributed by atoms with Crippen molar-refractivity contribution >= 4 is 33.5 Å². The van der Waals surface area contributed by atoms with Gasteiger partial charge in [-0.3, -0.25) is 4.79 Å². The molecule has 17 heavy (non-hydrogen) atoms. The number of hydrogen-bond acceptors (Lipinski definition) is 2. The van der Waals surface area contributed by atoms with Crippen molar-refractivity contribution in [1.82, 2.24) is 0 Å². The maximum atomic E-state index is 12.0. The van der Waals surface area contributed by atoms with Crippen LogP contribution < -0.4 is 5.32 Å². The molecule has 1 rings (SSSR count). The van der Waals surface area contributed by atoms with Crippen molar-refractivity contribution < 1.29 is 27.9 Å². The number of nitrogens with one attached hydrogen (secondary N) is 1. The molecule has 4 nitrogen and oxygen atoms in total. The summed E-state index contributed by atoms with van der Waals surface area (Å²) in [7, 11) is 0. The second-order valence-corrected chi connectivity index (χ2v) is 3.72. The van der Waals surface area contributed by atoms with Crippen LogP contribution >= 0.6 is 15.9 Å². The highest BCUT2D eigenvalue weighted by atomic mass is 79.9. The van der Waals surface area contributed by atoms with Crippen molar-refractivity contribution in [3.63, 3.8) is 0 Å². The number of hydrogen-bond donors (Lipinski definition) is 2. The van der Waals surface area contributed by atoms with Gasteiger partial charge in [-0.25, -0.2) is 4.79 Å². The summed E-state index contributed by atoms with van der Waals surface area (Å²) in [6.45, 7) is 0. The molecule has 92 valence electrons. The van der Waals surface area contributed by atoms with E-state index < -0.39 is 18.1 Å². The SMILES string of the molecule is O=C(O)c1cccc(NC(=O)C(F)(F)F)c1Br. The zero-order valence-electron chi connectivity index (χ0n) is 8.01. The van der Waals surface area contributed by atoms with Gasteiger partial charge in [0.25, 0.3) is 0 Å². The van der Waals surface area contributed by atoms with Crippen LogP contribution in [0, 0.1) is 0 Å². The molecule has 0 spiro atoms. The van der Waals surface area contributed by atoms with Gasteiger partial charge < -0.3 is 10.4 Å². The number of carbonyl (C=O) groups is 2. The van der Waals surface area contributed by atoms with Crippen LogP contribution in [0.3, 0.4) is 0 Å². The van der Waals surface area contributed by atoms with E-state index in [-0.39, 0.29) is 15.7 Å². The Morgan fingerprint density at radius 2 is 1.88 bits per heavy atom. The summed E-state index contributed by atoms with van der Waals surface area (Å²) in [6, 6.07) is 3.57. The Kier molecular flexibility index (Phi) is 3.76. The van der Waals surface area contributed by atoms with Crippen LogP contribution in [0.25, 0.3) is 0 Å². The summed E-state index contributed by atoms with van der Waals surface area (Å²) in [4.78, 5) is 21.4. The van der Waals surface area contributed by atoms with Crippen molar-refractivity contribution in [3.8, 4) is 0 Å². The van der Waals surface area contributed by atoms with E-state index in [1.54, 1.807) is 5.32 Å². The number of alkyl halides is 3. The molecule has 0 saturated carbocycles. The second kappa shape index (κ2) is 4.74. The van der Waals surface area contributed by atoms with E-state index in [4.69, 9.17) is 5.11 Å². The van der Waals surface area contributed by atoms with E-state index in [2.05, 4.69) is 15.9 Å². The number of benzene rings is 1. The molecule has 0 aliphatic rings. The number of carboxylic acids is 1. The quantitative estimate of drug-likeness (QED) is 0.882. The van der Waals surface area contributed by atoms with Crippen LogP contribution in [0.15, 0.2) is 22.7 Å². The standard InChI is InChI=1S/C9H5BrF3NO3/c10-6-4(7(15)16)2-1-3-5(6)14-8(17)9(11,12)13/h1-3H,(H,14,17)(H,15,16). The number of halogens is 4. The van der Waals surface area contributed by atoms with Crippen molar-refractivity contribution in [2.75, 3.05) is 5.32 Å². The van der Waals surface area contributed by atoms with E-state index in [0.717, 1.165) is 6.07 Å². The fourth-order valence-electron chi connectivity index (χ4n) is 0.987. The van der Waals surface area contributed by atoms with E-state index in [0.29, 0.717) is 0 Å². The molecule has 8 heteroatoms. The highest BCUT2D eigenvalue weighted by molar-refractivity contribution is 9.10. The zero-order valence-corrected chi connectivity index (χ0v) is 9.59. The summed E-state index contributed by atoms with van der Waals surface area (Å²) in [5, 5.41) is 10.3. The number of amides is 1. The Hall–Kier alpha value is -1.57. The minimum Gasteiger partial charge on any atom is -0.478 e. The van der Waals surface area contributed by atoms with Crippen molar-refractivity contribution in [2.24, 2.45) is 0 Å². The molecule has 0 bridgehead atoms. The summed E-state index contributed by atoms with van der Waals surface area (Å²) in [6.07, 6.45) is -5.03. The van der Waals surface area contributed by atoms with Gasteiger partial charge in [-0.1, -0.05) is 6.07 Å². The average Bonchev–Trinajstić information content (AvgIpc) is 2.19. The first-order valence-electron chi connectivity index (χ1n) is 4.13. The Morgan fingerprint density at radius 1 is 1.29 bits per heavy atom. The van der Waals surface area contributed by atoms with Crippen molar-refractivity contribution in [3.05, 3.63) is 28.2 Å². The molecule has 1 amide bonds. The van der Waals surface area contributed by atoms with Crippen LogP contribution in [-0.4, -0.2) is 23.2 Å². The first kappa shape index (κ1) is 13.5. The fraction of sp³-hybridized carbons (Fsp3) is 0.111. The smallest absolute Gasteiger partial charge is 0.471 e. The van der Waals surface area contributed by atoms with E-state index >= 15 is 0 Å². The minimum atomic E-state index is -5.03. The topological polar surface area (TPSA) is 66.4 Å². The van der Waals surface area contributed by atoms with Gasteiger partial charge in [0, 0.05) is 0 Å². The predicted molar refractivity (Wildman–Crippen MR) is 55.8 cm³/mol. The fourth-order valence-corrected chi connectivity index (χ4v) is 1.52. The number of carboxylic acid groups (broad SMARTS) is 1. The maximum absolute atomic E-state index is 12.0. The van der Waals surface area contributed by atoms with Crippen LogP contribution in [-0.2, 0) is 4.79 Å². The van der Waals surface area contributed by atoms with Crippen molar-refractivity contribution in [1.29, 1.82) is 0 Å². The molecule has 2 N–H and O–H groups in total. The lowest BCUT2D eigenvalue weighted by Crippen LogP contribution is -2.30. The van der Waals surface area contributed by atoms with Crippen molar-refractivity contribution in [2.45, 2.75) is 6.18 Å². The molecule has 0 aromatic heterocycles. The molecule has 0 aliphatic carbocycles. The van der Waals surface area contributed by atoms with Crippen LogP contribution in [0.4, 0.5) is 18.9 Å². The average molecular weight is 312 g/mol. The molecular formula is C9H5BrF3NO3. The molecule has 1 aromatic rings. The number of anilines is 1. The van der Waals surface area contributed by atoms with Gasteiger partial charge in [0.15, 0.2) is 0 Å². The van der Waals surface area contributed by atoms with Crippen LogP contribution in [0.5, 0.6) is 0 Å². The molecule has 1 aromatic carbocycles. The summed E-state index contributed by atoms with van der Waals surface area (Å²) < 4.78 is 35.8. The highest BCUT2D eigenvalue weighted by Gasteiger charge is 2.39. The van der Waals surface area contributed by atoms with Gasteiger partial charge in [0.2, 0.25) is 0 Å². The second-order valence-electron chi connectivity index (χ2n) is 2.92. The monoisotopic (exact) mass is 311 g/mol. The van der Waals surface area contributed by atoms with E-state index in [1.165, 1.54) is 12.1 Å². The third-order valence-corrected chi connectivity index (χ3v) is 2.59. The zero-order chi connectivity index (χ0) is 13.2. The molecule has 0 fully saturated rings. The van der Waals surface area contributed by atoms with Gasteiger partial charge in [0.1, 0.15) is 0 Å². The maximum Gasteiger partial charge on any atom is 0.471 e. The lowest BCUT2D eigenvalue weighted by molar-refractivity contribution is -0.167. The summed E-state index contributed by atoms with van der Waals surface area (Å²) >= 11 is 2.81. The predicted octanol–water partition coefficient (Wildman–Crippen LogP) is 2.65. The molecule has 0 saturated heterocycles. The Morgan fingerprint density at radius 3 is 2.35 bits per heavy atom. The number of rotatable bonds is 2. The van der Waals surface area contributed by atoms with Gasteiger partial charge in [-0.2, -0.15) is 13.2 Å². The third-order valence-electron chi connectivity index (χ3n) is 1.73. The van der Waals surface area contributed by atoms with Crippen LogP contribution in [0.1, 0.15) is 10.4 Å². The molecular weight excluding hydrogens is 307 g/mol. The minimum absolute atomic E-state index is 0.120. The number of aromatic carboxylic acids is 1. The number of carbonyl (C=O) groups excluding carboxylic acids is 1. The van der Waals surface area contributed by atoms with Gasteiger partial charge in [0.05, 0.1) is 15.7 Å². The largest absolute Gasteiger partial charge is 0.478 e. The summed E-state index contributed by atoms with van der Waals surface area (Å²) in [5.41, 5.74) is -0.503. The van der Waals surface area contributed by atoms with Crippen LogP contribution in [0.2, 0.25) is 0 Å². The molecule has 0 unspecified atom stereocenters. The lowest BCUT2D eigenvalue weighted by Gasteiger charge is -2.10. The molecule has 0 atom stereocenters. The van der Waals surface area contributed by atoms with Gasteiger partial charge in [-0.15, -0.1) is 0 Å².